The number of fused-ring (bicyclic) bond motifs is 1. The summed E-state index contributed by atoms with van der Waals surface area (Å²) < 4.78 is 31.6. The van der Waals surface area contributed by atoms with Gasteiger partial charge in [-0.15, -0.1) is 0 Å². The Kier molecular flexibility index (Phi) is 8.60. The number of hydrogen-bond donors (Lipinski definition) is 1. The van der Waals surface area contributed by atoms with E-state index in [0.717, 1.165) is 17.2 Å². The molecule has 0 bridgehead atoms. The molecule has 2 rings (SSSR count). The molecule has 0 aliphatic carbocycles. The Morgan fingerprint density at radius 3 is 1.88 bits per heavy atom. The molecule has 0 radical (unpaired) electrons. The van der Waals surface area contributed by atoms with E-state index in [0.29, 0.717) is 0 Å². The molecule has 26 heavy (non-hydrogen) atoms. The molecule has 0 aromatic heterocycles. The summed E-state index contributed by atoms with van der Waals surface area (Å²) in [6.07, 6.45) is 14.4. The maximum absolute atomic E-state index is 11.2. The summed E-state index contributed by atoms with van der Waals surface area (Å²) in [5.41, 5.74) is 1.29. The van der Waals surface area contributed by atoms with Crippen molar-refractivity contribution in [3.8, 4) is 0 Å². The maximum atomic E-state index is 11.2. The molecule has 2 aromatic carbocycles. The minimum Gasteiger partial charge on any atom is -0.282 e. The first-order valence-corrected chi connectivity index (χ1v) is 11.4. The monoisotopic (exact) mass is 376 g/mol. The van der Waals surface area contributed by atoms with Crippen LogP contribution in [-0.4, -0.2) is 13.0 Å². The molecule has 0 aliphatic heterocycles. The lowest BCUT2D eigenvalue weighted by molar-refractivity contribution is 0.483. The molecule has 0 saturated heterocycles. The normalized spacial score (nSPS) is 11.9. The Morgan fingerprint density at radius 2 is 1.27 bits per heavy atom. The standard InChI is InChI=1S/C22H32O3S/c1-2-3-4-5-6-7-8-9-10-11-12-19-13-14-21-18-22(26(23,24)25)16-15-20(21)17-19/h13-18H,2-12H2,1H3,(H,23,24,25). The first-order chi connectivity index (χ1) is 12.5. The summed E-state index contributed by atoms with van der Waals surface area (Å²) in [6.45, 7) is 2.26. The minimum absolute atomic E-state index is 0.0487. The zero-order valence-corrected chi connectivity index (χ0v) is 16.7. The molecular weight excluding hydrogens is 344 g/mol. The average molecular weight is 377 g/mol. The lowest BCUT2D eigenvalue weighted by Crippen LogP contribution is -1.97. The Hall–Kier alpha value is -1.39. The van der Waals surface area contributed by atoms with Crippen LogP contribution in [0.4, 0.5) is 0 Å². The molecule has 0 amide bonds. The third-order valence-corrected chi connectivity index (χ3v) is 5.84. The van der Waals surface area contributed by atoms with Crippen molar-refractivity contribution in [2.45, 2.75) is 82.4 Å². The highest BCUT2D eigenvalue weighted by Gasteiger charge is 2.09. The Bertz CT molecular complexity index is 781. The van der Waals surface area contributed by atoms with Crippen molar-refractivity contribution in [3.63, 3.8) is 0 Å². The van der Waals surface area contributed by atoms with Crippen molar-refractivity contribution in [2.75, 3.05) is 0 Å². The average Bonchev–Trinajstić information content (AvgIpc) is 2.62. The van der Waals surface area contributed by atoms with Gasteiger partial charge in [-0.2, -0.15) is 8.42 Å². The van der Waals surface area contributed by atoms with E-state index in [2.05, 4.69) is 19.1 Å². The van der Waals surface area contributed by atoms with Crippen LogP contribution in [0, 0.1) is 0 Å². The number of rotatable bonds is 12. The van der Waals surface area contributed by atoms with Crippen LogP contribution >= 0.6 is 0 Å². The first-order valence-electron chi connectivity index (χ1n) is 10.0. The Balaban J connectivity index is 1.71. The van der Waals surface area contributed by atoms with Gasteiger partial charge in [-0.1, -0.05) is 89.0 Å². The lowest BCUT2D eigenvalue weighted by atomic mass is 10.0. The van der Waals surface area contributed by atoms with E-state index in [4.69, 9.17) is 4.55 Å². The van der Waals surface area contributed by atoms with Crippen molar-refractivity contribution in [3.05, 3.63) is 42.0 Å². The van der Waals surface area contributed by atoms with Gasteiger partial charge in [0.25, 0.3) is 10.1 Å². The van der Waals surface area contributed by atoms with Gasteiger partial charge in [-0.05, 0) is 41.3 Å². The molecule has 0 aliphatic rings. The molecule has 0 atom stereocenters. The van der Waals surface area contributed by atoms with E-state index in [1.54, 1.807) is 6.07 Å². The summed E-state index contributed by atoms with van der Waals surface area (Å²) in [4.78, 5) is -0.0487. The molecule has 0 fully saturated rings. The smallest absolute Gasteiger partial charge is 0.282 e. The van der Waals surface area contributed by atoms with Crippen LogP contribution in [-0.2, 0) is 16.5 Å². The number of aryl methyl sites for hydroxylation is 1. The lowest BCUT2D eigenvalue weighted by Gasteiger charge is -2.06. The van der Waals surface area contributed by atoms with Crippen molar-refractivity contribution in [1.82, 2.24) is 0 Å². The van der Waals surface area contributed by atoms with Crippen LogP contribution in [0.3, 0.4) is 0 Å². The van der Waals surface area contributed by atoms with Crippen LogP contribution < -0.4 is 0 Å². The van der Waals surface area contributed by atoms with Gasteiger partial charge in [0.2, 0.25) is 0 Å². The molecule has 4 heteroatoms. The highest BCUT2D eigenvalue weighted by molar-refractivity contribution is 7.85. The molecule has 3 nitrogen and oxygen atoms in total. The van der Waals surface area contributed by atoms with Crippen LogP contribution in [0.1, 0.15) is 76.7 Å². The van der Waals surface area contributed by atoms with E-state index in [-0.39, 0.29) is 4.90 Å². The quantitative estimate of drug-likeness (QED) is 0.337. The maximum Gasteiger partial charge on any atom is 0.294 e. The Morgan fingerprint density at radius 1 is 0.731 bits per heavy atom. The second kappa shape index (κ2) is 10.7. The van der Waals surface area contributed by atoms with Crippen LogP contribution in [0.25, 0.3) is 10.8 Å². The molecule has 0 heterocycles. The van der Waals surface area contributed by atoms with Crippen molar-refractivity contribution >= 4 is 20.9 Å². The van der Waals surface area contributed by atoms with Crippen molar-refractivity contribution in [2.24, 2.45) is 0 Å². The fourth-order valence-electron chi connectivity index (χ4n) is 3.41. The Labute approximate surface area is 158 Å². The van der Waals surface area contributed by atoms with E-state index < -0.39 is 10.1 Å². The summed E-state index contributed by atoms with van der Waals surface area (Å²) >= 11 is 0. The highest BCUT2D eigenvalue weighted by atomic mass is 32.2. The number of hydrogen-bond acceptors (Lipinski definition) is 2. The van der Waals surface area contributed by atoms with Gasteiger partial charge < -0.3 is 0 Å². The van der Waals surface area contributed by atoms with Crippen molar-refractivity contribution < 1.29 is 13.0 Å². The number of unbranched alkanes of at least 4 members (excludes halogenated alkanes) is 9. The second-order valence-electron chi connectivity index (χ2n) is 7.25. The van der Waals surface area contributed by atoms with Crippen molar-refractivity contribution in [1.29, 1.82) is 0 Å². The van der Waals surface area contributed by atoms with Gasteiger partial charge >= 0.3 is 0 Å². The summed E-state index contributed by atoms with van der Waals surface area (Å²) in [7, 11) is -4.14. The first kappa shape index (κ1) is 20.9. The van der Waals surface area contributed by atoms with E-state index >= 15 is 0 Å². The molecule has 1 N–H and O–H groups in total. The third-order valence-electron chi connectivity index (χ3n) is 4.99. The van der Waals surface area contributed by atoms with E-state index in [1.165, 1.54) is 81.9 Å². The topological polar surface area (TPSA) is 54.4 Å². The van der Waals surface area contributed by atoms with Gasteiger partial charge in [0.1, 0.15) is 0 Å². The SMILES string of the molecule is CCCCCCCCCCCCc1ccc2cc(S(=O)(=O)O)ccc2c1. The summed E-state index contributed by atoms with van der Waals surface area (Å²) in [6, 6.07) is 10.9. The van der Waals surface area contributed by atoms with E-state index in [1.807, 2.05) is 6.07 Å². The van der Waals surface area contributed by atoms with Gasteiger partial charge in [-0.3, -0.25) is 4.55 Å². The van der Waals surface area contributed by atoms with Gasteiger partial charge in [0.05, 0.1) is 4.90 Å². The second-order valence-corrected chi connectivity index (χ2v) is 8.67. The van der Waals surface area contributed by atoms with Crippen LogP contribution in [0.15, 0.2) is 41.3 Å². The van der Waals surface area contributed by atoms with Crippen LogP contribution in [0.2, 0.25) is 0 Å². The number of benzene rings is 2. The molecule has 0 spiro atoms. The largest absolute Gasteiger partial charge is 0.294 e. The van der Waals surface area contributed by atoms with Gasteiger partial charge in [0.15, 0.2) is 0 Å². The zero-order chi connectivity index (χ0) is 18.8. The molecule has 0 saturated carbocycles. The molecule has 0 unspecified atom stereocenters. The predicted molar refractivity (Wildman–Crippen MR) is 109 cm³/mol. The van der Waals surface area contributed by atoms with Gasteiger partial charge in [-0.25, -0.2) is 0 Å². The summed E-state index contributed by atoms with van der Waals surface area (Å²) in [5.74, 6) is 0. The molecular formula is C22H32O3S. The molecule has 144 valence electrons. The zero-order valence-electron chi connectivity index (χ0n) is 15.9. The minimum atomic E-state index is -4.14. The fraction of sp³-hybridized carbons (Fsp3) is 0.545. The predicted octanol–water partition coefficient (Wildman–Crippen LogP) is 6.55. The highest BCUT2D eigenvalue weighted by Crippen LogP contribution is 2.21. The van der Waals surface area contributed by atoms with E-state index in [9.17, 15) is 8.42 Å². The van der Waals surface area contributed by atoms with Gasteiger partial charge in [0, 0.05) is 0 Å². The van der Waals surface area contributed by atoms with Crippen LogP contribution in [0.5, 0.6) is 0 Å². The summed E-state index contributed by atoms with van der Waals surface area (Å²) in [5, 5.41) is 1.86. The molecule has 2 aromatic rings. The fourth-order valence-corrected chi connectivity index (χ4v) is 3.92. The third kappa shape index (κ3) is 7.08.